The third kappa shape index (κ3) is 2.73. The number of nitrogen functional groups attached to an aromatic ring is 1. The second-order valence-corrected chi connectivity index (χ2v) is 5.52. The van der Waals surface area contributed by atoms with Crippen molar-refractivity contribution in [3.05, 3.63) is 22.4 Å². The minimum Gasteiger partial charge on any atom is -0.397 e. The van der Waals surface area contributed by atoms with E-state index in [2.05, 4.69) is 27.8 Å². The molecule has 4 heteroatoms. The molecule has 2 N–H and O–H groups in total. The fourth-order valence-corrected chi connectivity index (χ4v) is 2.77. The summed E-state index contributed by atoms with van der Waals surface area (Å²) in [6.45, 7) is 4.18. The van der Waals surface area contributed by atoms with Crippen LogP contribution in [-0.2, 0) is 0 Å². The summed E-state index contributed by atoms with van der Waals surface area (Å²) in [7, 11) is 0. The molecule has 1 aliphatic rings. The van der Waals surface area contributed by atoms with Crippen LogP contribution in [0.1, 0.15) is 26.2 Å². The van der Waals surface area contributed by atoms with Gasteiger partial charge in [-0.05, 0) is 40.8 Å². The van der Waals surface area contributed by atoms with Crippen LogP contribution in [0.5, 0.6) is 0 Å². The number of piperidine rings is 1. The van der Waals surface area contributed by atoms with Crippen LogP contribution >= 0.6 is 15.9 Å². The number of benzene rings is 1. The average molecular weight is 301 g/mol. The number of halogens is 2. The number of rotatable bonds is 2. The van der Waals surface area contributed by atoms with Gasteiger partial charge in [-0.15, -0.1) is 0 Å². The van der Waals surface area contributed by atoms with Crippen LogP contribution in [0.15, 0.2) is 16.6 Å². The van der Waals surface area contributed by atoms with Gasteiger partial charge in [-0.2, -0.15) is 0 Å². The molecule has 0 radical (unpaired) electrons. The van der Waals surface area contributed by atoms with Gasteiger partial charge in [0.2, 0.25) is 0 Å². The van der Waals surface area contributed by atoms with E-state index >= 15 is 0 Å². The van der Waals surface area contributed by atoms with Crippen molar-refractivity contribution < 1.29 is 4.39 Å². The fraction of sp³-hybridized carbons (Fsp3) is 0.538. The summed E-state index contributed by atoms with van der Waals surface area (Å²) in [5.41, 5.74) is 7.43. The molecule has 1 aromatic rings. The molecule has 0 unspecified atom stereocenters. The molecule has 0 bridgehead atoms. The number of nitrogens with two attached hydrogens (primary N) is 1. The zero-order valence-electron chi connectivity index (χ0n) is 10.0. The maximum atomic E-state index is 13.5. The molecular weight excluding hydrogens is 283 g/mol. The van der Waals surface area contributed by atoms with Gasteiger partial charge < -0.3 is 10.6 Å². The van der Waals surface area contributed by atoms with Crippen LogP contribution in [0.4, 0.5) is 15.8 Å². The number of anilines is 2. The van der Waals surface area contributed by atoms with Gasteiger partial charge >= 0.3 is 0 Å². The highest BCUT2D eigenvalue weighted by Crippen LogP contribution is 2.32. The molecule has 1 saturated heterocycles. The molecule has 1 fully saturated rings. The summed E-state index contributed by atoms with van der Waals surface area (Å²) in [6.07, 6.45) is 3.58. The summed E-state index contributed by atoms with van der Waals surface area (Å²) in [5, 5.41) is 0. The Balaban J connectivity index is 2.16. The molecule has 2 nitrogen and oxygen atoms in total. The minimum atomic E-state index is -0.244. The first kappa shape index (κ1) is 12.7. The van der Waals surface area contributed by atoms with Crippen LogP contribution in [0.3, 0.4) is 0 Å². The molecular formula is C13H18BrFN2. The van der Waals surface area contributed by atoms with Crippen LogP contribution in [0, 0.1) is 11.7 Å². The standard InChI is InChI=1S/C13H18BrFN2/c1-2-9-3-5-17(6-4-9)13-8-11(15)10(14)7-12(13)16/h7-9H,2-6,16H2,1H3. The summed E-state index contributed by atoms with van der Waals surface area (Å²) < 4.78 is 14.0. The quantitative estimate of drug-likeness (QED) is 0.842. The van der Waals surface area contributed by atoms with E-state index in [1.54, 1.807) is 6.07 Å². The summed E-state index contributed by atoms with van der Waals surface area (Å²) >= 11 is 3.15. The van der Waals surface area contributed by atoms with Crippen molar-refractivity contribution in [1.82, 2.24) is 0 Å². The first-order chi connectivity index (χ1) is 8.11. The van der Waals surface area contributed by atoms with Crippen molar-refractivity contribution in [2.75, 3.05) is 23.7 Å². The maximum Gasteiger partial charge on any atom is 0.139 e. The highest BCUT2D eigenvalue weighted by Gasteiger charge is 2.20. The van der Waals surface area contributed by atoms with Crippen molar-refractivity contribution >= 4 is 27.3 Å². The molecule has 2 rings (SSSR count). The first-order valence-corrected chi connectivity index (χ1v) is 6.90. The highest BCUT2D eigenvalue weighted by atomic mass is 79.9. The lowest BCUT2D eigenvalue weighted by Crippen LogP contribution is -2.34. The topological polar surface area (TPSA) is 29.3 Å². The Kier molecular flexibility index (Phi) is 3.92. The highest BCUT2D eigenvalue weighted by molar-refractivity contribution is 9.10. The van der Waals surface area contributed by atoms with Gasteiger partial charge in [0.1, 0.15) is 5.82 Å². The predicted octanol–water partition coefficient (Wildman–Crippen LogP) is 3.80. The fourth-order valence-electron chi connectivity index (χ4n) is 2.41. The van der Waals surface area contributed by atoms with Gasteiger partial charge in [0.25, 0.3) is 0 Å². The lowest BCUT2D eigenvalue weighted by Gasteiger charge is -2.34. The molecule has 0 aliphatic carbocycles. The molecule has 0 amide bonds. The summed E-state index contributed by atoms with van der Waals surface area (Å²) in [5.74, 6) is 0.569. The molecule has 1 heterocycles. The molecule has 17 heavy (non-hydrogen) atoms. The largest absolute Gasteiger partial charge is 0.397 e. The van der Waals surface area contributed by atoms with Gasteiger partial charge in [-0.25, -0.2) is 4.39 Å². The van der Waals surface area contributed by atoms with Crippen LogP contribution in [-0.4, -0.2) is 13.1 Å². The van der Waals surface area contributed by atoms with E-state index in [-0.39, 0.29) is 5.82 Å². The van der Waals surface area contributed by atoms with Gasteiger partial charge in [0.15, 0.2) is 0 Å². The van der Waals surface area contributed by atoms with Crippen molar-refractivity contribution in [2.45, 2.75) is 26.2 Å². The number of hydrogen-bond donors (Lipinski definition) is 1. The van der Waals surface area contributed by atoms with E-state index in [9.17, 15) is 4.39 Å². The molecule has 0 aromatic heterocycles. The molecule has 0 saturated carbocycles. The third-order valence-corrected chi connectivity index (χ3v) is 4.21. The second-order valence-electron chi connectivity index (χ2n) is 4.66. The van der Waals surface area contributed by atoms with E-state index in [4.69, 9.17) is 5.73 Å². The van der Waals surface area contributed by atoms with E-state index in [0.29, 0.717) is 10.2 Å². The molecule has 1 aromatic carbocycles. The van der Waals surface area contributed by atoms with E-state index in [0.717, 1.165) is 24.7 Å². The van der Waals surface area contributed by atoms with Crippen molar-refractivity contribution in [2.24, 2.45) is 5.92 Å². The molecule has 1 aliphatic heterocycles. The zero-order valence-corrected chi connectivity index (χ0v) is 11.6. The Morgan fingerprint density at radius 3 is 2.65 bits per heavy atom. The van der Waals surface area contributed by atoms with Gasteiger partial charge in [0.05, 0.1) is 15.8 Å². The SMILES string of the molecule is CCC1CCN(c2cc(F)c(Br)cc2N)CC1. The van der Waals surface area contributed by atoms with Crippen LogP contribution in [0.2, 0.25) is 0 Å². The molecule has 94 valence electrons. The lowest BCUT2D eigenvalue weighted by atomic mass is 9.94. The Bertz CT molecular complexity index is 401. The lowest BCUT2D eigenvalue weighted by molar-refractivity contribution is 0.395. The second kappa shape index (κ2) is 5.25. The average Bonchev–Trinajstić information content (AvgIpc) is 2.34. The van der Waals surface area contributed by atoms with Crippen molar-refractivity contribution in [1.29, 1.82) is 0 Å². The molecule has 0 atom stereocenters. The van der Waals surface area contributed by atoms with Gasteiger partial charge in [-0.1, -0.05) is 13.3 Å². The first-order valence-electron chi connectivity index (χ1n) is 6.11. The minimum absolute atomic E-state index is 0.244. The predicted molar refractivity (Wildman–Crippen MR) is 73.7 cm³/mol. The van der Waals surface area contributed by atoms with Crippen LogP contribution < -0.4 is 10.6 Å². The Labute approximate surface area is 110 Å². The zero-order chi connectivity index (χ0) is 12.4. The monoisotopic (exact) mass is 300 g/mol. The number of nitrogens with zero attached hydrogens (tertiary/aromatic N) is 1. The summed E-state index contributed by atoms with van der Waals surface area (Å²) in [6, 6.07) is 3.18. The summed E-state index contributed by atoms with van der Waals surface area (Å²) in [4.78, 5) is 2.19. The molecule has 0 spiro atoms. The normalized spacial score (nSPS) is 17.5. The Morgan fingerprint density at radius 1 is 1.41 bits per heavy atom. The Morgan fingerprint density at radius 2 is 2.06 bits per heavy atom. The van der Waals surface area contributed by atoms with Crippen molar-refractivity contribution in [3.63, 3.8) is 0 Å². The van der Waals surface area contributed by atoms with E-state index in [1.807, 2.05) is 0 Å². The van der Waals surface area contributed by atoms with Gasteiger partial charge in [-0.3, -0.25) is 0 Å². The van der Waals surface area contributed by atoms with E-state index < -0.39 is 0 Å². The van der Waals surface area contributed by atoms with Crippen molar-refractivity contribution in [3.8, 4) is 0 Å². The maximum absolute atomic E-state index is 13.5. The smallest absolute Gasteiger partial charge is 0.139 e. The van der Waals surface area contributed by atoms with Gasteiger partial charge in [0, 0.05) is 19.2 Å². The number of hydrogen-bond acceptors (Lipinski definition) is 2. The third-order valence-electron chi connectivity index (χ3n) is 3.60. The van der Waals surface area contributed by atoms with E-state index in [1.165, 1.54) is 25.3 Å². The Hall–Kier alpha value is -0.770. The van der Waals surface area contributed by atoms with Crippen LogP contribution in [0.25, 0.3) is 0 Å².